The molecule has 0 atom stereocenters. The Morgan fingerprint density at radius 1 is 1.28 bits per heavy atom. The van der Waals surface area contributed by atoms with Crippen LogP contribution >= 0.6 is 0 Å². The molecule has 0 saturated heterocycles. The first kappa shape index (κ1) is 14.3. The predicted molar refractivity (Wildman–Crippen MR) is 73.1 cm³/mol. The Labute approximate surface area is 108 Å². The molecule has 0 unspecified atom stereocenters. The van der Waals surface area contributed by atoms with Crippen LogP contribution in [0, 0.1) is 0 Å². The molecule has 0 aromatic heterocycles. The second-order valence-electron chi connectivity index (χ2n) is 3.95. The fraction of sp³-hybridized carbons (Fsp3) is 0.400. The third-order valence-electron chi connectivity index (χ3n) is 2.56. The Morgan fingerprint density at radius 2 is 2.06 bits per heavy atom. The summed E-state index contributed by atoms with van der Waals surface area (Å²) >= 11 is 0. The maximum absolute atomic E-state index is 10.8. The smallest absolute Gasteiger partial charge is 0.161 e. The number of carbonyl (C=O) groups excluding carboxylic acids is 1. The summed E-state index contributed by atoms with van der Waals surface area (Å²) in [6.45, 7) is 4.68. The number of carbonyl (C=O) groups is 1. The maximum atomic E-state index is 10.8. The minimum Gasteiger partial charge on any atom is -0.493 e. The van der Waals surface area contributed by atoms with Gasteiger partial charge in [0.1, 0.15) is 6.29 Å². The number of hydrogen-bond acceptors (Lipinski definition) is 3. The average Bonchev–Trinajstić information content (AvgIpc) is 2.42. The van der Waals surface area contributed by atoms with Crippen LogP contribution in [0.5, 0.6) is 11.5 Å². The fourth-order valence-corrected chi connectivity index (χ4v) is 1.54. The second-order valence-corrected chi connectivity index (χ2v) is 3.95. The third kappa shape index (κ3) is 3.91. The Morgan fingerprint density at radius 3 is 2.61 bits per heavy atom. The maximum Gasteiger partial charge on any atom is 0.161 e. The lowest BCUT2D eigenvalue weighted by atomic mass is 10.1. The zero-order valence-electron chi connectivity index (χ0n) is 11.2. The molecule has 0 spiro atoms. The fourth-order valence-electron chi connectivity index (χ4n) is 1.54. The monoisotopic (exact) mass is 248 g/mol. The first-order valence-electron chi connectivity index (χ1n) is 6.21. The van der Waals surface area contributed by atoms with Gasteiger partial charge < -0.3 is 9.47 Å². The van der Waals surface area contributed by atoms with Crippen LogP contribution < -0.4 is 9.47 Å². The van der Waals surface area contributed by atoms with Gasteiger partial charge in [0.15, 0.2) is 11.5 Å². The molecule has 1 rings (SSSR count). The van der Waals surface area contributed by atoms with E-state index < -0.39 is 0 Å². The van der Waals surface area contributed by atoms with Crippen molar-refractivity contribution < 1.29 is 14.3 Å². The predicted octanol–water partition coefficient (Wildman–Crippen LogP) is 3.48. The lowest BCUT2D eigenvalue weighted by Gasteiger charge is -2.10. The minimum atomic E-state index is 0.667. The van der Waals surface area contributed by atoms with Gasteiger partial charge in [-0.2, -0.15) is 0 Å². The number of methoxy groups -OCH3 is 1. The van der Waals surface area contributed by atoms with Gasteiger partial charge in [0.2, 0.25) is 0 Å². The van der Waals surface area contributed by atoms with E-state index in [0.29, 0.717) is 12.4 Å². The van der Waals surface area contributed by atoms with E-state index in [9.17, 15) is 4.79 Å². The van der Waals surface area contributed by atoms with Crippen molar-refractivity contribution in [2.24, 2.45) is 0 Å². The van der Waals surface area contributed by atoms with E-state index in [1.165, 1.54) is 0 Å². The van der Waals surface area contributed by atoms with Crippen molar-refractivity contribution in [2.45, 2.75) is 26.7 Å². The highest BCUT2D eigenvalue weighted by Crippen LogP contribution is 2.29. The van der Waals surface area contributed by atoms with Gasteiger partial charge in [-0.1, -0.05) is 19.9 Å². The molecule has 0 amide bonds. The molecule has 3 heteroatoms. The Bertz CT molecular complexity index is 422. The van der Waals surface area contributed by atoms with Gasteiger partial charge in [0, 0.05) is 0 Å². The van der Waals surface area contributed by atoms with Gasteiger partial charge in [-0.15, -0.1) is 0 Å². The number of ether oxygens (including phenoxy) is 2. The van der Waals surface area contributed by atoms with Gasteiger partial charge in [0.05, 0.1) is 13.7 Å². The van der Waals surface area contributed by atoms with Gasteiger partial charge >= 0.3 is 0 Å². The minimum absolute atomic E-state index is 0.667. The van der Waals surface area contributed by atoms with Crippen molar-refractivity contribution in [1.82, 2.24) is 0 Å². The Kier molecular flexibility index (Phi) is 5.98. The lowest BCUT2D eigenvalue weighted by molar-refractivity contribution is -0.104. The topological polar surface area (TPSA) is 35.5 Å². The van der Waals surface area contributed by atoms with Crippen LogP contribution in [0.1, 0.15) is 32.3 Å². The molecule has 0 aliphatic rings. The van der Waals surface area contributed by atoms with Gasteiger partial charge in [-0.25, -0.2) is 0 Å². The largest absolute Gasteiger partial charge is 0.493 e. The number of allylic oxidation sites excluding steroid dienone is 1. The molecule has 3 nitrogen and oxygen atoms in total. The molecule has 0 N–H and O–H groups in total. The van der Waals surface area contributed by atoms with Crippen LogP contribution in [0.15, 0.2) is 23.8 Å². The Hall–Kier alpha value is -1.77. The third-order valence-corrected chi connectivity index (χ3v) is 2.56. The summed E-state index contributed by atoms with van der Waals surface area (Å²) in [5.74, 6) is 1.43. The van der Waals surface area contributed by atoms with E-state index in [4.69, 9.17) is 9.47 Å². The summed E-state index contributed by atoms with van der Waals surface area (Å²) in [6.07, 6.45) is 4.42. The highest BCUT2D eigenvalue weighted by molar-refractivity contribution is 5.81. The van der Waals surface area contributed by atoms with Gasteiger partial charge in [0.25, 0.3) is 0 Å². The normalized spacial score (nSPS) is 11.2. The van der Waals surface area contributed by atoms with Crippen molar-refractivity contribution in [3.05, 3.63) is 29.3 Å². The van der Waals surface area contributed by atoms with E-state index in [1.807, 2.05) is 31.2 Å². The van der Waals surface area contributed by atoms with Crippen LogP contribution in [0.3, 0.4) is 0 Å². The van der Waals surface area contributed by atoms with E-state index in [2.05, 4.69) is 6.92 Å². The second kappa shape index (κ2) is 7.54. The molecule has 0 aliphatic carbocycles. The highest BCUT2D eigenvalue weighted by Gasteiger charge is 2.04. The molecule has 1 aromatic carbocycles. The number of benzene rings is 1. The summed E-state index contributed by atoms with van der Waals surface area (Å²) in [6, 6.07) is 5.68. The summed E-state index contributed by atoms with van der Waals surface area (Å²) in [5, 5.41) is 0. The lowest BCUT2D eigenvalue weighted by Crippen LogP contribution is -1.98. The van der Waals surface area contributed by atoms with Crippen LogP contribution in [-0.2, 0) is 4.79 Å². The highest BCUT2D eigenvalue weighted by atomic mass is 16.5. The van der Waals surface area contributed by atoms with Crippen molar-refractivity contribution in [2.75, 3.05) is 13.7 Å². The molecule has 0 saturated carbocycles. The SMILES string of the molecule is CCCOc1ccc(C=C(C=O)CC)cc1OC. The molecule has 0 aliphatic heterocycles. The first-order valence-corrected chi connectivity index (χ1v) is 6.21. The van der Waals surface area contributed by atoms with E-state index >= 15 is 0 Å². The summed E-state index contributed by atoms with van der Waals surface area (Å²) in [4.78, 5) is 10.8. The van der Waals surface area contributed by atoms with Crippen LogP contribution in [0.25, 0.3) is 6.08 Å². The molecule has 1 aromatic rings. The molecule has 98 valence electrons. The van der Waals surface area contributed by atoms with Crippen LogP contribution in [0.4, 0.5) is 0 Å². The summed E-state index contributed by atoms with van der Waals surface area (Å²) in [7, 11) is 1.61. The van der Waals surface area contributed by atoms with E-state index in [-0.39, 0.29) is 0 Å². The van der Waals surface area contributed by atoms with Gasteiger partial charge in [-0.3, -0.25) is 4.79 Å². The van der Waals surface area contributed by atoms with Gasteiger partial charge in [-0.05, 0) is 42.2 Å². The molecule has 0 heterocycles. The van der Waals surface area contributed by atoms with Crippen LogP contribution in [0.2, 0.25) is 0 Å². The number of aldehydes is 1. The summed E-state index contributed by atoms with van der Waals surface area (Å²) < 4.78 is 10.9. The molecule has 0 fully saturated rings. The van der Waals surface area contributed by atoms with E-state index in [1.54, 1.807) is 7.11 Å². The summed E-state index contributed by atoms with van der Waals surface area (Å²) in [5.41, 5.74) is 1.71. The Balaban J connectivity index is 2.97. The van der Waals surface area contributed by atoms with Crippen molar-refractivity contribution in [3.63, 3.8) is 0 Å². The molecular weight excluding hydrogens is 228 g/mol. The zero-order chi connectivity index (χ0) is 13.4. The van der Waals surface area contributed by atoms with E-state index in [0.717, 1.165) is 36.0 Å². The number of hydrogen-bond donors (Lipinski definition) is 0. The quantitative estimate of drug-likeness (QED) is 0.547. The van der Waals surface area contributed by atoms with Crippen molar-refractivity contribution in [3.8, 4) is 11.5 Å². The molecular formula is C15H20O3. The zero-order valence-corrected chi connectivity index (χ0v) is 11.2. The van der Waals surface area contributed by atoms with Crippen LogP contribution in [-0.4, -0.2) is 20.0 Å². The standard InChI is InChI=1S/C15H20O3/c1-4-8-18-14-7-6-13(10-15(14)17-3)9-12(5-2)11-16/h6-7,9-11H,4-5,8H2,1-3H3. The molecule has 18 heavy (non-hydrogen) atoms. The van der Waals surface area contributed by atoms with Crippen molar-refractivity contribution in [1.29, 1.82) is 0 Å². The first-order chi connectivity index (χ1) is 8.74. The molecule has 0 radical (unpaired) electrons. The number of rotatable bonds is 7. The average molecular weight is 248 g/mol. The molecule has 0 bridgehead atoms. The van der Waals surface area contributed by atoms with Crippen molar-refractivity contribution >= 4 is 12.4 Å².